The van der Waals surface area contributed by atoms with Gasteiger partial charge in [-0.2, -0.15) is 0 Å². The first-order valence-corrected chi connectivity index (χ1v) is 8.27. The number of halogens is 1. The topological polar surface area (TPSA) is 46.6 Å². The van der Waals surface area contributed by atoms with Gasteiger partial charge in [-0.3, -0.25) is 14.5 Å². The number of carbonyl (C=O) groups is 2. The molecule has 0 spiro atoms. The molecule has 3 rings (SSSR count). The molecule has 1 heterocycles. The van der Waals surface area contributed by atoms with Crippen molar-refractivity contribution in [3.63, 3.8) is 0 Å². The lowest BCUT2D eigenvalue weighted by atomic mass is 9.99. The number of carbonyl (C=O) groups excluding carboxylic acids is 2. The molecule has 0 saturated heterocycles. The molecule has 2 aromatic carbocycles. The number of imide groups is 1. The molecule has 4 nitrogen and oxygen atoms in total. The molecular weight excluding hydrogens is 338 g/mol. The number of ether oxygens (including phenoxy) is 1. The maximum atomic E-state index is 12.9. The summed E-state index contributed by atoms with van der Waals surface area (Å²) < 4.78 is 5.30. The largest absolute Gasteiger partial charge is 0.496 e. The van der Waals surface area contributed by atoms with E-state index < -0.39 is 5.91 Å². The Morgan fingerprint density at radius 2 is 1.76 bits per heavy atom. The van der Waals surface area contributed by atoms with Crippen LogP contribution in [0.1, 0.15) is 22.3 Å². The van der Waals surface area contributed by atoms with Crippen LogP contribution in [0.25, 0.3) is 5.57 Å². The number of nitrogens with zero attached hydrogens (tertiary/aromatic N) is 1. The van der Waals surface area contributed by atoms with Crippen LogP contribution in [0.2, 0.25) is 0 Å². The second kappa shape index (κ2) is 6.73. The SMILES string of the molecule is COc1ccccc1CN1C(=O)C(Cl)=C(c2ccc(C)cc2C)C1=O. The molecule has 0 fully saturated rings. The monoisotopic (exact) mass is 355 g/mol. The molecule has 0 radical (unpaired) electrons. The molecule has 0 atom stereocenters. The van der Waals surface area contributed by atoms with Gasteiger partial charge < -0.3 is 4.74 Å². The molecule has 0 unspecified atom stereocenters. The third-order valence-electron chi connectivity index (χ3n) is 4.28. The third-order valence-corrected chi connectivity index (χ3v) is 4.63. The predicted octanol–water partition coefficient (Wildman–Crippen LogP) is 3.83. The number of methoxy groups -OCH3 is 1. The van der Waals surface area contributed by atoms with Crippen LogP contribution < -0.4 is 4.74 Å². The van der Waals surface area contributed by atoms with Crippen LogP contribution in [-0.2, 0) is 16.1 Å². The van der Waals surface area contributed by atoms with Crippen molar-refractivity contribution in [2.24, 2.45) is 0 Å². The third kappa shape index (κ3) is 3.05. The normalized spacial score (nSPS) is 14.5. The fourth-order valence-corrected chi connectivity index (χ4v) is 3.31. The van der Waals surface area contributed by atoms with Crippen LogP contribution in [0.3, 0.4) is 0 Å². The maximum Gasteiger partial charge on any atom is 0.273 e. The first-order chi connectivity index (χ1) is 11.9. The van der Waals surface area contributed by atoms with Crippen molar-refractivity contribution in [1.29, 1.82) is 0 Å². The minimum atomic E-state index is -0.479. The molecule has 0 aliphatic carbocycles. The summed E-state index contributed by atoms with van der Waals surface area (Å²) in [7, 11) is 1.55. The molecule has 2 amide bonds. The van der Waals surface area contributed by atoms with Gasteiger partial charge in [0.25, 0.3) is 11.8 Å². The zero-order valence-electron chi connectivity index (χ0n) is 14.3. The number of aryl methyl sites for hydroxylation is 2. The van der Waals surface area contributed by atoms with Crippen molar-refractivity contribution in [3.8, 4) is 5.75 Å². The summed E-state index contributed by atoms with van der Waals surface area (Å²) in [5, 5.41) is -0.0353. The Bertz CT molecular complexity index is 902. The average molecular weight is 356 g/mol. The Balaban J connectivity index is 1.97. The molecule has 1 aliphatic rings. The Labute approximate surface area is 151 Å². The molecule has 0 N–H and O–H groups in total. The van der Waals surface area contributed by atoms with Gasteiger partial charge in [-0.15, -0.1) is 0 Å². The fourth-order valence-electron chi connectivity index (χ4n) is 3.02. The van der Waals surface area contributed by atoms with Crippen molar-refractivity contribution in [1.82, 2.24) is 4.90 Å². The van der Waals surface area contributed by atoms with Crippen LogP contribution in [0.4, 0.5) is 0 Å². The summed E-state index contributed by atoms with van der Waals surface area (Å²) in [6, 6.07) is 13.0. The predicted molar refractivity (Wildman–Crippen MR) is 97.2 cm³/mol. The Kier molecular flexibility index (Phi) is 4.64. The minimum Gasteiger partial charge on any atom is -0.496 e. The van der Waals surface area contributed by atoms with Gasteiger partial charge in [-0.1, -0.05) is 53.6 Å². The lowest BCUT2D eigenvalue weighted by Gasteiger charge is -2.17. The minimum absolute atomic E-state index is 0.0353. The molecule has 0 aromatic heterocycles. The Hall–Kier alpha value is -2.59. The van der Waals surface area contributed by atoms with Crippen molar-refractivity contribution in [2.75, 3.05) is 7.11 Å². The van der Waals surface area contributed by atoms with Gasteiger partial charge in [0.2, 0.25) is 0 Å². The number of amides is 2. The van der Waals surface area contributed by atoms with Gasteiger partial charge in [0.1, 0.15) is 10.8 Å². The summed E-state index contributed by atoms with van der Waals surface area (Å²) in [6.45, 7) is 3.99. The summed E-state index contributed by atoms with van der Waals surface area (Å²) in [6.07, 6.45) is 0. The molecule has 1 aliphatic heterocycles. The van der Waals surface area contributed by atoms with Crippen LogP contribution >= 0.6 is 11.6 Å². The highest BCUT2D eigenvalue weighted by Gasteiger charge is 2.38. The summed E-state index contributed by atoms with van der Waals surface area (Å²) in [5.74, 6) is -0.236. The Morgan fingerprint density at radius 1 is 1.04 bits per heavy atom. The highest BCUT2D eigenvalue weighted by molar-refractivity contribution is 6.55. The van der Waals surface area contributed by atoms with Crippen LogP contribution in [0, 0.1) is 13.8 Å². The van der Waals surface area contributed by atoms with Crippen LogP contribution in [0.5, 0.6) is 5.75 Å². The van der Waals surface area contributed by atoms with E-state index in [9.17, 15) is 9.59 Å². The van der Waals surface area contributed by atoms with Crippen molar-refractivity contribution >= 4 is 29.0 Å². The van der Waals surface area contributed by atoms with Gasteiger partial charge in [0.05, 0.1) is 19.2 Å². The zero-order chi connectivity index (χ0) is 18.1. The Morgan fingerprint density at radius 3 is 2.44 bits per heavy atom. The zero-order valence-corrected chi connectivity index (χ0v) is 15.1. The molecular formula is C20H18ClNO3. The van der Waals surface area contributed by atoms with Crippen molar-refractivity contribution < 1.29 is 14.3 Å². The maximum absolute atomic E-state index is 12.9. The number of para-hydroxylation sites is 1. The number of benzene rings is 2. The van der Waals surface area contributed by atoms with E-state index in [1.165, 1.54) is 0 Å². The van der Waals surface area contributed by atoms with E-state index in [1.807, 2.05) is 50.2 Å². The van der Waals surface area contributed by atoms with Crippen molar-refractivity contribution in [3.05, 3.63) is 69.8 Å². The molecule has 25 heavy (non-hydrogen) atoms. The molecule has 2 aromatic rings. The second-order valence-electron chi connectivity index (χ2n) is 6.02. The molecule has 128 valence electrons. The van der Waals surface area contributed by atoms with Gasteiger partial charge in [-0.05, 0) is 31.0 Å². The molecule has 0 bridgehead atoms. The standard InChI is InChI=1S/C20H18ClNO3/c1-12-8-9-15(13(2)10-12)17-18(21)20(24)22(19(17)23)11-14-6-4-5-7-16(14)25-3/h4-10H,11H2,1-3H3. The molecule has 5 heteroatoms. The van der Waals surface area contributed by atoms with Crippen molar-refractivity contribution in [2.45, 2.75) is 20.4 Å². The van der Waals surface area contributed by atoms with Gasteiger partial charge >= 0.3 is 0 Å². The van der Waals surface area contributed by atoms with E-state index in [2.05, 4.69) is 0 Å². The van der Waals surface area contributed by atoms with Gasteiger partial charge in [0.15, 0.2) is 0 Å². The first kappa shape index (κ1) is 17.2. The number of rotatable bonds is 4. The highest BCUT2D eigenvalue weighted by atomic mass is 35.5. The first-order valence-electron chi connectivity index (χ1n) is 7.89. The smallest absolute Gasteiger partial charge is 0.273 e. The highest BCUT2D eigenvalue weighted by Crippen LogP contribution is 2.35. The van der Waals surface area contributed by atoms with E-state index in [0.29, 0.717) is 11.3 Å². The average Bonchev–Trinajstić information content (AvgIpc) is 2.80. The fraction of sp³-hybridized carbons (Fsp3) is 0.200. The molecule has 0 saturated carbocycles. The lowest BCUT2D eigenvalue weighted by Crippen LogP contribution is -2.31. The quantitative estimate of drug-likeness (QED) is 0.783. The van der Waals surface area contributed by atoms with Crippen LogP contribution in [-0.4, -0.2) is 23.8 Å². The number of hydrogen-bond donors (Lipinski definition) is 0. The lowest BCUT2D eigenvalue weighted by molar-refractivity contribution is -0.137. The van der Waals surface area contributed by atoms with E-state index in [0.717, 1.165) is 21.6 Å². The van der Waals surface area contributed by atoms with Gasteiger partial charge in [0, 0.05) is 5.56 Å². The van der Waals surface area contributed by atoms with E-state index in [4.69, 9.17) is 16.3 Å². The van der Waals surface area contributed by atoms with E-state index in [-0.39, 0.29) is 23.1 Å². The summed E-state index contributed by atoms with van der Waals surface area (Å²) in [4.78, 5) is 26.6. The summed E-state index contributed by atoms with van der Waals surface area (Å²) >= 11 is 6.24. The summed E-state index contributed by atoms with van der Waals surface area (Å²) in [5.41, 5.74) is 3.70. The van der Waals surface area contributed by atoms with Gasteiger partial charge in [-0.25, -0.2) is 0 Å². The second-order valence-corrected chi connectivity index (χ2v) is 6.39. The number of hydrogen-bond acceptors (Lipinski definition) is 3. The van der Waals surface area contributed by atoms with Crippen LogP contribution in [0.15, 0.2) is 47.5 Å². The van der Waals surface area contributed by atoms with E-state index >= 15 is 0 Å². The van der Waals surface area contributed by atoms with E-state index in [1.54, 1.807) is 13.2 Å².